The second-order valence-corrected chi connectivity index (χ2v) is 13.1. The molecule has 8 rings (SSSR count). The topological polar surface area (TPSA) is 0 Å². The molecule has 1 saturated heterocycles. The molecule has 1 fully saturated rings. The number of benzene rings is 3. The summed E-state index contributed by atoms with van der Waals surface area (Å²) in [6, 6.07) is 18.8. The van der Waals surface area contributed by atoms with E-state index in [9.17, 15) is 0 Å². The van der Waals surface area contributed by atoms with Crippen LogP contribution >= 0.6 is 23.5 Å². The lowest BCUT2D eigenvalue weighted by molar-refractivity contribution is 0.450. The van der Waals surface area contributed by atoms with Crippen molar-refractivity contribution in [2.75, 3.05) is 0 Å². The number of hydrogen-bond acceptors (Lipinski definition) is 2. The van der Waals surface area contributed by atoms with Crippen molar-refractivity contribution in [3.8, 4) is 0 Å². The molecule has 0 spiro atoms. The van der Waals surface area contributed by atoms with Crippen molar-refractivity contribution < 1.29 is 0 Å². The molecule has 0 nitrogen and oxygen atoms in total. The van der Waals surface area contributed by atoms with Crippen LogP contribution in [0.4, 0.5) is 0 Å². The Kier molecular flexibility index (Phi) is 4.03. The van der Waals surface area contributed by atoms with Crippen LogP contribution in [0.25, 0.3) is 29.0 Å². The van der Waals surface area contributed by atoms with Crippen LogP contribution in [-0.2, 0) is 6.42 Å². The zero-order chi connectivity index (χ0) is 21.7. The molecule has 0 aromatic heterocycles. The van der Waals surface area contributed by atoms with Crippen LogP contribution < -0.4 is 10.4 Å². The molecule has 0 radical (unpaired) electrons. The SMILES string of the molecule is CC1C=Cc2cc3cc4c(cc3cc2C1)C1SC2C=C3C=c5ccccc5=CC3CC2C1S4. The zero-order valence-electron chi connectivity index (χ0n) is 18.7. The molecule has 3 aliphatic carbocycles. The number of fused-ring (bicyclic) bond motifs is 9. The number of thioether (sulfide) groups is 2. The molecule has 0 bridgehead atoms. The standard InChI is InChI=1S/C31H26S2/c1-17-6-7-20-11-25-16-29-27(14-23(25)12-21(20)8-17)31-30(33-29)26-13-22-9-18-4-2-3-5-19(18)10-24(22)15-28(26)32-31/h2-7,9-12,14-17,22,26,28,30-31H,8,13H2,1H3. The van der Waals surface area contributed by atoms with Crippen LogP contribution in [-0.4, -0.2) is 10.5 Å². The first-order valence-electron chi connectivity index (χ1n) is 12.3. The third-order valence-corrected chi connectivity index (χ3v) is 11.7. The summed E-state index contributed by atoms with van der Waals surface area (Å²) in [4.78, 5) is 1.54. The fraction of sp³-hybridized carbons (Fsp3) is 0.290. The minimum Gasteiger partial charge on any atom is -0.145 e. The first-order chi connectivity index (χ1) is 16.2. The fourth-order valence-corrected chi connectivity index (χ4v) is 10.6. The van der Waals surface area contributed by atoms with Gasteiger partial charge in [0.15, 0.2) is 0 Å². The quantitative estimate of drug-likeness (QED) is 0.373. The molecule has 2 heterocycles. The summed E-state index contributed by atoms with van der Waals surface area (Å²) in [5.41, 5.74) is 6.10. The summed E-state index contributed by atoms with van der Waals surface area (Å²) in [6.45, 7) is 2.32. The Morgan fingerprint density at radius 3 is 2.76 bits per heavy atom. The van der Waals surface area contributed by atoms with Gasteiger partial charge < -0.3 is 0 Å². The molecule has 6 atom stereocenters. The first kappa shape index (κ1) is 19.2. The lowest BCUT2D eigenvalue weighted by atomic mass is 9.76. The summed E-state index contributed by atoms with van der Waals surface area (Å²) >= 11 is 4.42. The van der Waals surface area contributed by atoms with Crippen molar-refractivity contribution in [2.24, 2.45) is 17.8 Å². The summed E-state index contributed by atoms with van der Waals surface area (Å²) < 4.78 is 0. The average molecular weight is 463 g/mol. The largest absolute Gasteiger partial charge is 0.145 e. The molecule has 0 amide bonds. The number of allylic oxidation sites excluding steroid dienone is 2. The van der Waals surface area contributed by atoms with Gasteiger partial charge in [-0.05, 0) is 86.3 Å². The monoisotopic (exact) mass is 462 g/mol. The minimum atomic E-state index is 0.587. The van der Waals surface area contributed by atoms with E-state index in [0.29, 0.717) is 27.6 Å². The van der Waals surface area contributed by atoms with E-state index in [1.165, 1.54) is 50.1 Å². The Morgan fingerprint density at radius 2 is 1.82 bits per heavy atom. The molecular weight excluding hydrogens is 436 g/mol. The molecule has 3 aromatic carbocycles. The van der Waals surface area contributed by atoms with Gasteiger partial charge in [0.05, 0.1) is 0 Å². The first-order valence-corrected chi connectivity index (χ1v) is 14.1. The van der Waals surface area contributed by atoms with Gasteiger partial charge in [0.1, 0.15) is 0 Å². The van der Waals surface area contributed by atoms with E-state index in [-0.39, 0.29) is 0 Å². The van der Waals surface area contributed by atoms with Crippen LogP contribution in [0.3, 0.4) is 0 Å². The molecule has 2 heteroatoms. The Hall–Kier alpha value is -2.16. The molecule has 2 aliphatic heterocycles. The van der Waals surface area contributed by atoms with Gasteiger partial charge in [-0.2, -0.15) is 0 Å². The summed E-state index contributed by atoms with van der Waals surface area (Å²) in [5, 5.41) is 7.67. The predicted molar refractivity (Wildman–Crippen MR) is 144 cm³/mol. The fourth-order valence-electron chi connectivity index (χ4n) is 6.74. The third-order valence-electron chi connectivity index (χ3n) is 8.40. The van der Waals surface area contributed by atoms with Crippen LogP contribution in [0.5, 0.6) is 0 Å². The molecule has 0 saturated carbocycles. The van der Waals surface area contributed by atoms with Gasteiger partial charge in [-0.1, -0.05) is 67.6 Å². The van der Waals surface area contributed by atoms with E-state index < -0.39 is 0 Å². The van der Waals surface area contributed by atoms with Crippen molar-refractivity contribution in [3.05, 3.63) is 93.4 Å². The average Bonchev–Trinajstić information content (AvgIpc) is 3.34. The van der Waals surface area contributed by atoms with Crippen LogP contribution in [0, 0.1) is 17.8 Å². The molecule has 33 heavy (non-hydrogen) atoms. The van der Waals surface area contributed by atoms with E-state index in [2.05, 4.69) is 109 Å². The summed E-state index contributed by atoms with van der Waals surface area (Å²) in [6.07, 6.45) is 14.8. The maximum atomic E-state index is 2.62. The van der Waals surface area contributed by atoms with Crippen molar-refractivity contribution in [2.45, 2.75) is 40.4 Å². The van der Waals surface area contributed by atoms with Crippen molar-refractivity contribution in [1.29, 1.82) is 0 Å². The highest BCUT2D eigenvalue weighted by Crippen LogP contribution is 2.64. The lowest BCUT2D eigenvalue weighted by Gasteiger charge is -2.32. The highest BCUT2D eigenvalue weighted by molar-refractivity contribution is 8.05. The Balaban J connectivity index is 1.17. The van der Waals surface area contributed by atoms with Gasteiger partial charge in [-0.25, -0.2) is 0 Å². The van der Waals surface area contributed by atoms with E-state index in [0.717, 1.165) is 5.92 Å². The maximum Gasteiger partial charge on any atom is 0.0440 e. The number of hydrogen-bond donors (Lipinski definition) is 0. The highest BCUT2D eigenvalue weighted by atomic mass is 32.2. The van der Waals surface area contributed by atoms with Gasteiger partial charge in [0.25, 0.3) is 0 Å². The maximum absolute atomic E-state index is 2.62. The van der Waals surface area contributed by atoms with Gasteiger partial charge in [0, 0.05) is 26.6 Å². The van der Waals surface area contributed by atoms with Crippen LogP contribution in [0.15, 0.2) is 71.2 Å². The molecule has 5 aliphatic rings. The van der Waals surface area contributed by atoms with Crippen molar-refractivity contribution in [3.63, 3.8) is 0 Å². The zero-order valence-corrected chi connectivity index (χ0v) is 20.3. The van der Waals surface area contributed by atoms with Gasteiger partial charge in [0.2, 0.25) is 0 Å². The molecule has 0 N–H and O–H groups in total. The second-order valence-electron chi connectivity index (χ2n) is 10.5. The lowest BCUT2D eigenvalue weighted by Crippen LogP contribution is -2.34. The smallest absolute Gasteiger partial charge is 0.0440 e. The minimum absolute atomic E-state index is 0.587. The van der Waals surface area contributed by atoms with Gasteiger partial charge in [-0.3, -0.25) is 0 Å². The van der Waals surface area contributed by atoms with E-state index in [1.54, 1.807) is 11.1 Å². The van der Waals surface area contributed by atoms with Crippen molar-refractivity contribution in [1.82, 2.24) is 0 Å². The molecular formula is C31H26S2. The summed E-state index contributed by atoms with van der Waals surface area (Å²) in [7, 11) is 0. The van der Waals surface area contributed by atoms with Crippen LogP contribution in [0.1, 0.15) is 35.3 Å². The molecule has 3 aromatic rings. The Morgan fingerprint density at radius 1 is 0.939 bits per heavy atom. The van der Waals surface area contributed by atoms with E-state index >= 15 is 0 Å². The second kappa shape index (κ2) is 6.93. The van der Waals surface area contributed by atoms with E-state index in [1.807, 2.05) is 0 Å². The van der Waals surface area contributed by atoms with Gasteiger partial charge >= 0.3 is 0 Å². The molecule has 162 valence electrons. The van der Waals surface area contributed by atoms with Crippen molar-refractivity contribution >= 4 is 52.5 Å². The third kappa shape index (κ3) is 2.87. The molecule has 6 unspecified atom stereocenters. The normalized spacial score (nSPS) is 32.5. The van der Waals surface area contributed by atoms with E-state index in [4.69, 9.17) is 0 Å². The Bertz CT molecular complexity index is 1520. The highest BCUT2D eigenvalue weighted by Gasteiger charge is 2.50. The Labute approximate surface area is 203 Å². The van der Waals surface area contributed by atoms with Gasteiger partial charge in [-0.15, -0.1) is 23.5 Å². The summed E-state index contributed by atoms with van der Waals surface area (Å²) in [5.74, 6) is 2.00. The predicted octanol–water partition coefficient (Wildman–Crippen LogP) is 6.51. The van der Waals surface area contributed by atoms with Crippen LogP contribution in [0.2, 0.25) is 0 Å². The number of rotatable bonds is 0.